The quantitative estimate of drug-likeness (QED) is 0.480. The zero-order chi connectivity index (χ0) is 18.4. The van der Waals surface area contributed by atoms with Gasteiger partial charge in [0.05, 0.1) is 0 Å². The van der Waals surface area contributed by atoms with E-state index < -0.39 is 6.10 Å². The molecule has 0 fully saturated rings. The predicted octanol–water partition coefficient (Wildman–Crippen LogP) is 4.38. The number of thioether (sulfide) groups is 1. The Morgan fingerprint density at radius 2 is 1.92 bits per heavy atom. The van der Waals surface area contributed by atoms with E-state index in [0.29, 0.717) is 16.6 Å². The van der Waals surface area contributed by atoms with E-state index in [0.717, 1.165) is 9.90 Å². The Balaban J connectivity index is 1.51. The van der Waals surface area contributed by atoms with Crippen LogP contribution >= 0.6 is 23.1 Å². The summed E-state index contributed by atoms with van der Waals surface area (Å²) >= 11 is 2.76. The lowest BCUT2D eigenvalue weighted by Crippen LogP contribution is -2.30. The third kappa shape index (κ3) is 5.27. The van der Waals surface area contributed by atoms with Gasteiger partial charge in [0, 0.05) is 5.75 Å². The van der Waals surface area contributed by atoms with E-state index in [-0.39, 0.29) is 11.7 Å². The van der Waals surface area contributed by atoms with Crippen LogP contribution in [0.5, 0.6) is 5.75 Å². The second-order valence-electron chi connectivity index (χ2n) is 5.35. The smallest absolute Gasteiger partial charge is 0.266 e. The summed E-state index contributed by atoms with van der Waals surface area (Å²) in [6, 6.07) is 15.5. The Hall–Kier alpha value is -2.45. The highest BCUT2D eigenvalue weighted by Crippen LogP contribution is 2.28. The molecule has 1 amide bonds. The minimum atomic E-state index is -0.656. The normalized spacial score (nSPS) is 11.8. The van der Waals surface area contributed by atoms with E-state index in [1.165, 1.54) is 35.2 Å². The number of carbonyl (C=O) groups excluding carboxylic acids is 1. The molecular formula is C18H16FN3O2S2. The summed E-state index contributed by atoms with van der Waals surface area (Å²) in [7, 11) is 0. The molecule has 0 unspecified atom stereocenters. The van der Waals surface area contributed by atoms with E-state index in [4.69, 9.17) is 4.74 Å². The van der Waals surface area contributed by atoms with Crippen LogP contribution in [0, 0.1) is 5.82 Å². The first-order valence-corrected chi connectivity index (χ1v) is 9.63. The molecule has 0 aliphatic carbocycles. The number of amides is 1. The topological polar surface area (TPSA) is 64.1 Å². The largest absolute Gasteiger partial charge is 0.481 e. The van der Waals surface area contributed by atoms with E-state index in [2.05, 4.69) is 15.5 Å². The first-order chi connectivity index (χ1) is 12.6. The number of benzene rings is 2. The van der Waals surface area contributed by atoms with Crippen LogP contribution in [0.15, 0.2) is 58.9 Å². The van der Waals surface area contributed by atoms with Crippen LogP contribution in [0.2, 0.25) is 0 Å². The first-order valence-electron chi connectivity index (χ1n) is 7.83. The average Bonchev–Trinajstić information content (AvgIpc) is 3.09. The molecule has 0 radical (unpaired) electrons. The summed E-state index contributed by atoms with van der Waals surface area (Å²) in [6.45, 7) is 1.67. The number of hydrogen-bond donors (Lipinski definition) is 1. The number of rotatable bonds is 7. The average molecular weight is 389 g/mol. The fourth-order valence-electron chi connectivity index (χ4n) is 2.01. The summed E-state index contributed by atoms with van der Waals surface area (Å²) in [5.74, 6) is 0.727. The lowest BCUT2D eigenvalue weighted by atomic mass is 10.2. The van der Waals surface area contributed by atoms with Crippen LogP contribution in [-0.2, 0) is 10.5 Å². The van der Waals surface area contributed by atoms with Crippen LogP contribution in [0.25, 0.3) is 0 Å². The van der Waals surface area contributed by atoms with Gasteiger partial charge < -0.3 is 4.74 Å². The Bertz CT molecular complexity index is 856. The summed E-state index contributed by atoms with van der Waals surface area (Å²) < 4.78 is 19.2. The number of hydrogen-bond acceptors (Lipinski definition) is 6. The number of ether oxygens (including phenoxy) is 1. The molecule has 0 bridgehead atoms. The molecule has 26 heavy (non-hydrogen) atoms. The maximum atomic E-state index is 12.9. The van der Waals surface area contributed by atoms with Crippen molar-refractivity contribution >= 4 is 34.1 Å². The van der Waals surface area contributed by atoms with Crippen molar-refractivity contribution in [2.45, 2.75) is 23.1 Å². The third-order valence-electron chi connectivity index (χ3n) is 3.34. The van der Waals surface area contributed by atoms with Crippen LogP contribution in [-0.4, -0.2) is 22.2 Å². The van der Waals surface area contributed by atoms with Crippen molar-refractivity contribution in [3.63, 3.8) is 0 Å². The van der Waals surface area contributed by atoms with Gasteiger partial charge in [-0.2, -0.15) is 0 Å². The molecule has 134 valence electrons. The number of carbonyl (C=O) groups is 1. The van der Waals surface area contributed by atoms with Gasteiger partial charge in [-0.15, -0.1) is 10.2 Å². The first kappa shape index (κ1) is 18.3. The second-order valence-corrected chi connectivity index (χ2v) is 7.55. The summed E-state index contributed by atoms with van der Waals surface area (Å²) in [5.41, 5.74) is 0.988. The highest BCUT2D eigenvalue weighted by molar-refractivity contribution is 8.00. The molecule has 0 aliphatic rings. The highest BCUT2D eigenvalue weighted by atomic mass is 32.2. The van der Waals surface area contributed by atoms with Crippen LogP contribution < -0.4 is 10.1 Å². The Labute approximate surface area is 158 Å². The van der Waals surface area contributed by atoms with Crippen molar-refractivity contribution < 1.29 is 13.9 Å². The Morgan fingerprint density at radius 3 is 2.65 bits per heavy atom. The lowest BCUT2D eigenvalue weighted by Gasteiger charge is -2.13. The van der Waals surface area contributed by atoms with Gasteiger partial charge in [-0.3, -0.25) is 10.1 Å². The molecule has 3 aromatic rings. The molecule has 0 spiro atoms. The molecule has 0 saturated heterocycles. The minimum Gasteiger partial charge on any atom is -0.481 e. The zero-order valence-electron chi connectivity index (χ0n) is 13.9. The maximum absolute atomic E-state index is 12.9. The molecule has 2 aromatic carbocycles. The standard InChI is InChI=1S/C18H16FN3O2S2/c1-12(24-15-5-3-2-4-6-15)16(23)20-17-21-22-18(26-17)25-11-13-7-9-14(19)10-8-13/h2-10,12H,11H2,1H3,(H,20,21,23)/t12-/m1/s1. The van der Waals surface area contributed by atoms with Gasteiger partial charge in [-0.05, 0) is 36.8 Å². The molecule has 1 N–H and O–H groups in total. The van der Waals surface area contributed by atoms with Crippen molar-refractivity contribution in [3.8, 4) is 5.75 Å². The number of nitrogens with zero attached hydrogens (tertiary/aromatic N) is 2. The van der Waals surface area contributed by atoms with Crippen molar-refractivity contribution in [3.05, 3.63) is 66.0 Å². The Kier molecular flexibility index (Phi) is 6.19. The van der Waals surface area contributed by atoms with E-state index in [1.807, 2.05) is 18.2 Å². The van der Waals surface area contributed by atoms with E-state index in [9.17, 15) is 9.18 Å². The molecule has 1 atom stereocenters. The van der Waals surface area contributed by atoms with Gasteiger partial charge in [0.25, 0.3) is 5.91 Å². The number of aromatic nitrogens is 2. The number of halogens is 1. The summed E-state index contributed by atoms with van der Waals surface area (Å²) in [4.78, 5) is 12.2. The fourth-order valence-corrected chi connectivity index (χ4v) is 3.72. The summed E-state index contributed by atoms with van der Waals surface area (Å²) in [6.07, 6.45) is -0.656. The van der Waals surface area contributed by atoms with E-state index >= 15 is 0 Å². The Morgan fingerprint density at radius 1 is 1.19 bits per heavy atom. The highest BCUT2D eigenvalue weighted by Gasteiger charge is 2.17. The minimum absolute atomic E-state index is 0.258. The second kappa shape index (κ2) is 8.77. The SMILES string of the molecule is C[C@@H](Oc1ccccc1)C(=O)Nc1nnc(SCc2ccc(F)cc2)s1. The molecule has 0 saturated carbocycles. The van der Waals surface area contributed by atoms with Gasteiger partial charge in [0.1, 0.15) is 11.6 Å². The van der Waals surface area contributed by atoms with Crippen molar-refractivity contribution in [1.29, 1.82) is 0 Å². The molecule has 3 rings (SSSR count). The molecule has 1 aromatic heterocycles. The van der Waals surface area contributed by atoms with Crippen molar-refractivity contribution in [2.24, 2.45) is 0 Å². The van der Waals surface area contributed by atoms with Crippen molar-refractivity contribution in [1.82, 2.24) is 10.2 Å². The predicted molar refractivity (Wildman–Crippen MR) is 101 cm³/mol. The molecule has 1 heterocycles. The van der Waals surface area contributed by atoms with Gasteiger partial charge in [-0.1, -0.05) is 53.4 Å². The van der Waals surface area contributed by atoms with Gasteiger partial charge in [0.2, 0.25) is 5.13 Å². The van der Waals surface area contributed by atoms with Crippen LogP contribution in [0.4, 0.5) is 9.52 Å². The maximum Gasteiger partial charge on any atom is 0.266 e. The molecule has 8 heteroatoms. The molecule has 5 nitrogen and oxygen atoms in total. The lowest BCUT2D eigenvalue weighted by molar-refractivity contribution is -0.122. The van der Waals surface area contributed by atoms with Crippen LogP contribution in [0.3, 0.4) is 0 Å². The number of anilines is 1. The number of para-hydroxylation sites is 1. The van der Waals surface area contributed by atoms with Gasteiger partial charge >= 0.3 is 0 Å². The van der Waals surface area contributed by atoms with E-state index in [1.54, 1.807) is 31.2 Å². The monoisotopic (exact) mass is 389 g/mol. The van der Waals surface area contributed by atoms with Crippen molar-refractivity contribution in [2.75, 3.05) is 5.32 Å². The number of nitrogens with one attached hydrogen (secondary N) is 1. The zero-order valence-corrected chi connectivity index (χ0v) is 15.5. The molecule has 0 aliphatic heterocycles. The molecular weight excluding hydrogens is 373 g/mol. The fraction of sp³-hybridized carbons (Fsp3) is 0.167. The summed E-state index contributed by atoms with van der Waals surface area (Å²) in [5, 5.41) is 11.1. The van der Waals surface area contributed by atoms with Crippen LogP contribution in [0.1, 0.15) is 12.5 Å². The van der Waals surface area contributed by atoms with Gasteiger partial charge in [-0.25, -0.2) is 4.39 Å². The van der Waals surface area contributed by atoms with Gasteiger partial charge in [0.15, 0.2) is 10.4 Å². The third-order valence-corrected chi connectivity index (χ3v) is 5.38.